The van der Waals surface area contributed by atoms with E-state index < -0.39 is 0 Å². The first-order valence-electron chi connectivity index (χ1n) is 5.07. The van der Waals surface area contributed by atoms with Crippen molar-refractivity contribution in [2.45, 2.75) is 0 Å². The van der Waals surface area contributed by atoms with Gasteiger partial charge in [-0.05, 0) is 35.9 Å². The van der Waals surface area contributed by atoms with Gasteiger partial charge in [0.25, 0.3) is 0 Å². The minimum Gasteiger partial charge on any atom is -0.356 e. The van der Waals surface area contributed by atoms with Gasteiger partial charge in [-0.2, -0.15) is 0 Å². The Hall–Kier alpha value is -1.73. The van der Waals surface area contributed by atoms with Gasteiger partial charge in [0, 0.05) is 16.9 Å². The smallest absolute Gasteiger partial charge is 0.0384 e. The van der Waals surface area contributed by atoms with Gasteiger partial charge in [-0.15, -0.1) is 0 Å². The molecule has 2 aromatic carbocycles. The van der Waals surface area contributed by atoms with E-state index in [-0.39, 0.29) is 0 Å². The molecule has 16 heavy (non-hydrogen) atoms. The van der Waals surface area contributed by atoms with E-state index in [1.807, 2.05) is 60.7 Å². The van der Waals surface area contributed by atoms with E-state index in [0.29, 0.717) is 0 Å². The predicted molar refractivity (Wildman–Crippen MR) is 71.1 cm³/mol. The van der Waals surface area contributed by atoms with Crippen molar-refractivity contribution in [1.29, 1.82) is 0 Å². The summed E-state index contributed by atoms with van der Waals surface area (Å²) in [6.07, 6.45) is 1.86. The van der Waals surface area contributed by atoms with Crippen LogP contribution in [0.25, 0.3) is 6.08 Å². The maximum atomic E-state index is 5.51. The quantitative estimate of drug-likeness (QED) is 0.809. The zero-order valence-corrected chi connectivity index (χ0v) is 9.48. The van der Waals surface area contributed by atoms with E-state index in [9.17, 15) is 0 Å². The van der Waals surface area contributed by atoms with Gasteiger partial charge in [-0.3, -0.25) is 0 Å². The van der Waals surface area contributed by atoms with Crippen molar-refractivity contribution in [3.63, 3.8) is 0 Å². The number of hydrogen-bond acceptors (Lipinski definition) is 1. The first kappa shape index (κ1) is 10.8. The highest BCUT2D eigenvalue weighted by molar-refractivity contribution is 6.27. The number of benzene rings is 2. The molecule has 0 saturated heterocycles. The summed E-state index contributed by atoms with van der Waals surface area (Å²) in [6.45, 7) is 0. The summed E-state index contributed by atoms with van der Waals surface area (Å²) in [4.78, 5) is 0. The molecule has 0 heterocycles. The maximum absolute atomic E-state index is 5.51. The van der Waals surface area contributed by atoms with E-state index in [1.54, 1.807) is 0 Å². The lowest BCUT2D eigenvalue weighted by atomic mass is 10.2. The molecule has 0 unspecified atom stereocenters. The Labute approximate surface area is 100 Å². The minimum absolute atomic E-state index is 1.07. The van der Waals surface area contributed by atoms with Crippen LogP contribution in [0.15, 0.2) is 60.1 Å². The number of anilines is 2. The molecular formula is C14H12ClN. The van der Waals surface area contributed by atoms with Crippen LogP contribution in [0.1, 0.15) is 5.56 Å². The zero-order chi connectivity index (χ0) is 11.2. The summed E-state index contributed by atoms with van der Waals surface area (Å²) < 4.78 is 0. The first-order valence-corrected chi connectivity index (χ1v) is 5.51. The van der Waals surface area contributed by atoms with E-state index in [0.717, 1.165) is 16.9 Å². The van der Waals surface area contributed by atoms with E-state index in [1.165, 1.54) is 5.54 Å². The average molecular weight is 230 g/mol. The molecule has 0 aromatic heterocycles. The number of nitrogens with one attached hydrogen (secondary N) is 1. The van der Waals surface area contributed by atoms with Crippen LogP contribution in [0.5, 0.6) is 0 Å². The van der Waals surface area contributed by atoms with Crippen LogP contribution in [0, 0.1) is 0 Å². The highest BCUT2D eigenvalue weighted by Gasteiger charge is 1.93. The molecule has 80 valence electrons. The summed E-state index contributed by atoms with van der Waals surface area (Å²) in [6, 6.07) is 18.2. The topological polar surface area (TPSA) is 12.0 Å². The van der Waals surface area contributed by atoms with Crippen LogP contribution in [-0.4, -0.2) is 0 Å². The van der Waals surface area contributed by atoms with Gasteiger partial charge < -0.3 is 5.32 Å². The molecule has 0 aliphatic heterocycles. The standard InChI is InChI=1S/C14H12ClN/c15-11-10-12-6-8-14(9-7-12)16-13-4-2-1-3-5-13/h1-11,16H. The number of hydrogen-bond donors (Lipinski definition) is 1. The Balaban J connectivity index is 2.11. The summed E-state index contributed by atoms with van der Waals surface area (Å²) in [5.41, 5.74) is 4.76. The summed E-state index contributed by atoms with van der Waals surface area (Å²) >= 11 is 5.51. The molecule has 0 atom stereocenters. The molecule has 0 radical (unpaired) electrons. The molecule has 0 spiro atoms. The average Bonchev–Trinajstić information content (AvgIpc) is 2.33. The van der Waals surface area contributed by atoms with Crippen LogP contribution in [0.3, 0.4) is 0 Å². The number of halogens is 1. The second kappa shape index (κ2) is 5.38. The van der Waals surface area contributed by atoms with Crippen molar-refractivity contribution >= 4 is 29.1 Å². The third-order valence-corrected chi connectivity index (χ3v) is 2.35. The molecule has 0 aliphatic rings. The van der Waals surface area contributed by atoms with Crippen molar-refractivity contribution in [2.75, 3.05) is 5.32 Å². The molecule has 0 saturated carbocycles. The number of rotatable bonds is 3. The summed E-state index contributed by atoms with van der Waals surface area (Å²) in [5, 5.41) is 3.32. The van der Waals surface area contributed by atoms with E-state index in [4.69, 9.17) is 11.6 Å². The Morgan fingerprint density at radius 3 is 2.06 bits per heavy atom. The van der Waals surface area contributed by atoms with Crippen LogP contribution in [0.2, 0.25) is 0 Å². The molecule has 1 N–H and O–H groups in total. The molecule has 2 heteroatoms. The normalized spacial score (nSPS) is 10.6. The van der Waals surface area contributed by atoms with Gasteiger partial charge in [0.15, 0.2) is 0 Å². The Bertz CT molecular complexity index is 460. The van der Waals surface area contributed by atoms with Crippen molar-refractivity contribution in [1.82, 2.24) is 0 Å². The molecule has 0 amide bonds. The van der Waals surface area contributed by atoms with Crippen LogP contribution >= 0.6 is 11.6 Å². The fraction of sp³-hybridized carbons (Fsp3) is 0. The van der Waals surface area contributed by atoms with Crippen molar-refractivity contribution in [3.8, 4) is 0 Å². The van der Waals surface area contributed by atoms with Gasteiger partial charge in [-0.1, -0.05) is 41.9 Å². The van der Waals surface area contributed by atoms with Gasteiger partial charge in [0.2, 0.25) is 0 Å². The highest BCUT2D eigenvalue weighted by atomic mass is 35.5. The lowest BCUT2D eigenvalue weighted by Gasteiger charge is -2.05. The lowest BCUT2D eigenvalue weighted by molar-refractivity contribution is 1.54. The maximum Gasteiger partial charge on any atom is 0.0384 e. The first-order chi connectivity index (χ1) is 7.88. The molecule has 1 nitrogen and oxygen atoms in total. The molecule has 0 bridgehead atoms. The van der Waals surface area contributed by atoms with Crippen molar-refractivity contribution in [3.05, 3.63) is 65.7 Å². The molecule has 2 rings (SSSR count). The second-order valence-corrected chi connectivity index (χ2v) is 3.66. The fourth-order valence-electron chi connectivity index (χ4n) is 1.44. The Kier molecular flexibility index (Phi) is 3.62. The minimum atomic E-state index is 1.07. The Morgan fingerprint density at radius 1 is 0.812 bits per heavy atom. The summed E-state index contributed by atoms with van der Waals surface area (Å²) in [5.74, 6) is 0. The van der Waals surface area contributed by atoms with Crippen molar-refractivity contribution < 1.29 is 0 Å². The Morgan fingerprint density at radius 2 is 1.44 bits per heavy atom. The van der Waals surface area contributed by atoms with Gasteiger partial charge in [0.1, 0.15) is 0 Å². The second-order valence-electron chi connectivity index (χ2n) is 3.41. The third kappa shape index (κ3) is 2.88. The molecule has 2 aromatic rings. The predicted octanol–water partition coefficient (Wildman–Crippen LogP) is 4.64. The molecule has 0 fully saturated rings. The molecular weight excluding hydrogens is 218 g/mol. The highest BCUT2D eigenvalue weighted by Crippen LogP contribution is 2.17. The van der Waals surface area contributed by atoms with Crippen LogP contribution in [-0.2, 0) is 0 Å². The van der Waals surface area contributed by atoms with Crippen molar-refractivity contribution in [2.24, 2.45) is 0 Å². The fourth-order valence-corrected chi connectivity index (χ4v) is 1.58. The number of para-hydroxylation sites is 1. The SMILES string of the molecule is ClC=Cc1ccc(Nc2ccccc2)cc1. The lowest BCUT2D eigenvalue weighted by Crippen LogP contribution is -1.88. The largest absolute Gasteiger partial charge is 0.356 e. The van der Waals surface area contributed by atoms with Crippen LogP contribution < -0.4 is 5.32 Å². The van der Waals surface area contributed by atoms with Crippen LogP contribution in [0.4, 0.5) is 11.4 Å². The van der Waals surface area contributed by atoms with Gasteiger partial charge in [-0.25, -0.2) is 0 Å². The summed E-state index contributed by atoms with van der Waals surface area (Å²) in [7, 11) is 0. The molecule has 0 aliphatic carbocycles. The van der Waals surface area contributed by atoms with E-state index >= 15 is 0 Å². The monoisotopic (exact) mass is 229 g/mol. The van der Waals surface area contributed by atoms with Gasteiger partial charge in [0.05, 0.1) is 0 Å². The van der Waals surface area contributed by atoms with Gasteiger partial charge >= 0.3 is 0 Å². The third-order valence-electron chi connectivity index (χ3n) is 2.23. The van der Waals surface area contributed by atoms with E-state index in [2.05, 4.69) is 5.32 Å². The zero-order valence-electron chi connectivity index (χ0n) is 8.73.